The molecule has 1 saturated heterocycles. The Morgan fingerprint density at radius 3 is 2.41 bits per heavy atom. The summed E-state index contributed by atoms with van der Waals surface area (Å²) >= 11 is 0. The Hall–Kier alpha value is -0.0400. The number of halogens is 1. The molecule has 1 aliphatic heterocycles. The zero-order chi connectivity index (χ0) is 15.5. The second-order valence-corrected chi connectivity index (χ2v) is 6.68. The van der Waals surface area contributed by atoms with Gasteiger partial charge in [0.2, 0.25) is 0 Å². The van der Waals surface area contributed by atoms with Crippen molar-refractivity contribution >= 4 is 29.9 Å². The molecule has 0 amide bonds. The highest BCUT2D eigenvalue weighted by Gasteiger charge is 2.10. The summed E-state index contributed by atoms with van der Waals surface area (Å²) in [7, 11) is 0. The molecule has 0 aliphatic carbocycles. The van der Waals surface area contributed by atoms with Crippen LogP contribution in [0.2, 0.25) is 0 Å². The Kier molecular flexibility index (Phi) is 13.4. The lowest BCUT2D eigenvalue weighted by Crippen LogP contribution is -2.42. The van der Waals surface area contributed by atoms with E-state index in [0.29, 0.717) is 6.04 Å². The summed E-state index contributed by atoms with van der Waals surface area (Å²) in [5.41, 5.74) is 0. The zero-order valence-corrected chi connectivity index (χ0v) is 17.4. The van der Waals surface area contributed by atoms with Crippen molar-refractivity contribution < 1.29 is 0 Å². The van der Waals surface area contributed by atoms with Gasteiger partial charge in [-0.15, -0.1) is 24.0 Å². The van der Waals surface area contributed by atoms with Crippen LogP contribution in [-0.4, -0.2) is 49.6 Å². The first kappa shape index (κ1) is 22.0. The van der Waals surface area contributed by atoms with Crippen molar-refractivity contribution in [3.05, 3.63) is 0 Å². The third kappa shape index (κ3) is 10.6. The van der Waals surface area contributed by atoms with Crippen LogP contribution in [0.4, 0.5) is 0 Å². The van der Waals surface area contributed by atoms with Crippen LogP contribution in [0.3, 0.4) is 0 Å². The van der Waals surface area contributed by atoms with E-state index in [9.17, 15) is 0 Å². The van der Waals surface area contributed by atoms with Crippen molar-refractivity contribution in [1.82, 2.24) is 15.5 Å². The van der Waals surface area contributed by atoms with Gasteiger partial charge in [-0.25, -0.2) is 0 Å². The Balaban J connectivity index is 0.00000441. The first-order valence-electron chi connectivity index (χ1n) is 8.89. The third-order valence-electron chi connectivity index (χ3n) is 4.01. The molecule has 0 saturated carbocycles. The standard InChI is InChI=1S/C17H36N4.HI/c1-5-18-17(20-16(4)10-9-15(2)3)19-11-8-14-21-12-6-7-13-21;/h15-16H,5-14H2,1-4H3,(H2,18,19,20);1H. The highest BCUT2D eigenvalue weighted by molar-refractivity contribution is 14.0. The zero-order valence-electron chi connectivity index (χ0n) is 15.0. The highest BCUT2D eigenvalue weighted by atomic mass is 127. The monoisotopic (exact) mass is 424 g/mol. The smallest absolute Gasteiger partial charge is 0.191 e. The predicted molar refractivity (Wildman–Crippen MR) is 108 cm³/mol. The van der Waals surface area contributed by atoms with Crippen LogP contribution in [0.15, 0.2) is 4.99 Å². The van der Waals surface area contributed by atoms with E-state index in [1.54, 1.807) is 0 Å². The number of likely N-dealkylation sites (tertiary alicyclic amines) is 1. The lowest BCUT2D eigenvalue weighted by molar-refractivity contribution is 0.336. The van der Waals surface area contributed by atoms with Crippen molar-refractivity contribution in [2.75, 3.05) is 32.7 Å². The molecule has 1 aliphatic rings. The molecule has 5 heteroatoms. The molecule has 4 nitrogen and oxygen atoms in total. The Morgan fingerprint density at radius 2 is 1.82 bits per heavy atom. The highest BCUT2D eigenvalue weighted by Crippen LogP contribution is 2.07. The molecule has 0 bridgehead atoms. The fourth-order valence-electron chi connectivity index (χ4n) is 2.70. The number of hydrogen-bond acceptors (Lipinski definition) is 2. The number of rotatable bonds is 9. The number of hydrogen-bond donors (Lipinski definition) is 2. The molecule has 0 spiro atoms. The van der Waals surface area contributed by atoms with Gasteiger partial charge in [0.1, 0.15) is 0 Å². The van der Waals surface area contributed by atoms with Crippen LogP contribution >= 0.6 is 24.0 Å². The van der Waals surface area contributed by atoms with Gasteiger partial charge in [-0.05, 0) is 71.5 Å². The van der Waals surface area contributed by atoms with Gasteiger partial charge in [-0.3, -0.25) is 4.99 Å². The van der Waals surface area contributed by atoms with Crippen LogP contribution in [-0.2, 0) is 0 Å². The molecule has 1 heterocycles. The van der Waals surface area contributed by atoms with Crippen LogP contribution in [0.5, 0.6) is 0 Å². The van der Waals surface area contributed by atoms with E-state index in [-0.39, 0.29) is 24.0 Å². The van der Waals surface area contributed by atoms with Gasteiger partial charge in [-0.2, -0.15) is 0 Å². The molecule has 1 atom stereocenters. The fraction of sp³-hybridized carbons (Fsp3) is 0.941. The maximum absolute atomic E-state index is 4.71. The van der Waals surface area contributed by atoms with E-state index in [1.165, 1.54) is 45.3 Å². The van der Waals surface area contributed by atoms with Gasteiger partial charge in [0.05, 0.1) is 0 Å². The Labute approximate surface area is 154 Å². The van der Waals surface area contributed by atoms with Gasteiger partial charge in [0, 0.05) is 19.1 Å². The first-order valence-corrected chi connectivity index (χ1v) is 8.89. The maximum Gasteiger partial charge on any atom is 0.191 e. The number of nitrogens with zero attached hydrogens (tertiary/aromatic N) is 2. The van der Waals surface area contributed by atoms with E-state index in [2.05, 4.69) is 43.2 Å². The second-order valence-electron chi connectivity index (χ2n) is 6.68. The average Bonchev–Trinajstić information content (AvgIpc) is 2.94. The van der Waals surface area contributed by atoms with Crippen LogP contribution in [0.1, 0.15) is 59.8 Å². The van der Waals surface area contributed by atoms with E-state index in [0.717, 1.165) is 31.4 Å². The largest absolute Gasteiger partial charge is 0.357 e. The molecule has 1 unspecified atom stereocenters. The van der Waals surface area contributed by atoms with Crippen LogP contribution in [0, 0.1) is 5.92 Å². The van der Waals surface area contributed by atoms with Crippen molar-refractivity contribution in [3.63, 3.8) is 0 Å². The van der Waals surface area contributed by atoms with Crippen molar-refractivity contribution in [2.45, 2.75) is 65.8 Å². The predicted octanol–water partition coefficient (Wildman–Crippen LogP) is 3.47. The summed E-state index contributed by atoms with van der Waals surface area (Å²) < 4.78 is 0. The lowest BCUT2D eigenvalue weighted by Gasteiger charge is -2.19. The van der Waals surface area contributed by atoms with Crippen molar-refractivity contribution in [1.29, 1.82) is 0 Å². The molecule has 1 fully saturated rings. The lowest BCUT2D eigenvalue weighted by atomic mass is 10.0. The Bertz CT molecular complexity index is 288. The van der Waals surface area contributed by atoms with Gasteiger partial charge < -0.3 is 15.5 Å². The molecular weight excluding hydrogens is 387 g/mol. The quantitative estimate of drug-likeness (QED) is 0.258. The summed E-state index contributed by atoms with van der Waals surface area (Å²) in [6.07, 6.45) is 6.39. The van der Waals surface area contributed by atoms with Crippen molar-refractivity contribution in [3.8, 4) is 0 Å². The van der Waals surface area contributed by atoms with E-state index >= 15 is 0 Å². The molecule has 0 aromatic rings. The van der Waals surface area contributed by atoms with Gasteiger partial charge in [0.25, 0.3) is 0 Å². The Morgan fingerprint density at radius 1 is 1.14 bits per heavy atom. The maximum atomic E-state index is 4.71. The van der Waals surface area contributed by atoms with Gasteiger partial charge in [-0.1, -0.05) is 13.8 Å². The topological polar surface area (TPSA) is 39.7 Å². The number of guanidine groups is 1. The summed E-state index contributed by atoms with van der Waals surface area (Å²) in [5, 5.41) is 6.88. The number of nitrogens with one attached hydrogen (secondary N) is 2. The van der Waals surface area contributed by atoms with Gasteiger partial charge in [0.15, 0.2) is 5.96 Å². The SMILES string of the molecule is CCNC(=NCCCN1CCCC1)NC(C)CCC(C)C.I. The third-order valence-corrected chi connectivity index (χ3v) is 4.01. The van der Waals surface area contributed by atoms with E-state index in [4.69, 9.17) is 4.99 Å². The molecular formula is C17H37IN4. The van der Waals surface area contributed by atoms with Gasteiger partial charge >= 0.3 is 0 Å². The summed E-state index contributed by atoms with van der Waals surface area (Å²) in [6, 6.07) is 0.490. The molecule has 2 N–H and O–H groups in total. The van der Waals surface area contributed by atoms with Crippen LogP contribution < -0.4 is 10.6 Å². The minimum absolute atomic E-state index is 0. The normalized spacial score (nSPS) is 17.4. The first-order chi connectivity index (χ1) is 10.1. The summed E-state index contributed by atoms with van der Waals surface area (Å²) in [4.78, 5) is 7.27. The summed E-state index contributed by atoms with van der Waals surface area (Å²) in [5.74, 6) is 1.75. The summed E-state index contributed by atoms with van der Waals surface area (Å²) in [6.45, 7) is 14.6. The average molecular weight is 424 g/mol. The molecule has 132 valence electrons. The van der Waals surface area contributed by atoms with E-state index < -0.39 is 0 Å². The molecule has 0 aromatic carbocycles. The second kappa shape index (κ2) is 13.4. The molecule has 0 aromatic heterocycles. The molecule has 1 rings (SSSR count). The number of aliphatic imine (C=N–C) groups is 1. The minimum atomic E-state index is 0. The van der Waals surface area contributed by atoms with Crippen molar-refractivity contribution in [2.24, 2.45) is 10.9 Å². The fourth-order valence-corrected chi connectivity index (χ4v) is 2.70. The van der Waals surface area contributed by atoms with E-state index in [1.807, 2.05) is 0 Å². The van der Waals surface area contributed by atoms with Crippen LogP contribution in [0.25, 0.3) is 0 Å². The minimum Gasteiger partial charge on any atom is -0.357 e. The molecule has 22 heavy (non-hydrogen) atoms. The molecule has 0 radical (unpaired) electrons.